The summed E-state index contributed by atoms with van der Waals surface area (Å²) in [4.78, 5) is 0.403. The molecule has 0 aliphatic heterocycles. The average Bonchev–Trinajstić information content (AvgIpc) is 2.62. The van der Waals surface area contributed by atoms with Crippen molar-refractivity contribution in [1.29, 1.82) is 0 Å². The van der Waals surface area contributed by atoms with E-state index in [-0.39, 0.29) is 9.79 Å². The van der Waals surface area contributed by atoms with Crippen LogP contribution in [0.2, 0.25) is 0 Å². The molecule has 0 unspecified atom stereocenters. The molecule has 0 amide bonds. The van der Waals surface area contributed by atoms with Crippen molar-refractivity contribution in [2.24, 2.45) is 0 Å². The van der Waals surface area contributed by atoms with Crippen molar-refractivity contribution in [3.05, 3.63) is 82.9 Å². The third kappa shape index (κ3) is 4.83. The minimum absolute atomic E-state index is 0.156. The molecule has 0 atom stereocenters. The quantitative estimate of drug-likeness (QED) is 0.585. The second-order valence-corrected chi connectivity index (χ2v) is 10.6. The summed E-state index contributed by atoms with van der Waals surface area (Å²) < 4.78 is 55.8. The third-order valence-electron chi connectivity index (χ3n) is 4.59. The molecule has 0 bridgehead atoms. The molecule has 0 radical (unpaired) electrons. The molecule has 0 aliphatic rings. The minimum Gasteiger partial charge on any atom is -0.280 e. The van der Waals surface area contributed by atoms with Crippen molar-refractivity contribution in [2.75, 3.05) is 9.44 Å². The highest BCUT2D eigenvalue weighted by molar-refractivity contribution is 7.93. The molecule has 8 heteroatoms. The zero-order valence-corrected chi connectivity index (χ0v) is 18.9. The molecule has 3 aromatic rings. The minimum atomic E-state index is -3.78. The van der Waals surface area contributed by atoms with Crippen LogP contribution >= 0.6 is 0 Å². The topological polar surface area (TPSA) is 92.3 Å². The highest BCUT2D eigenvalue weighted by Gasteiger charge is 2.20. The number of benzene rings is 3. The normalized spacial score (nSPS) is 11.9. The molecule has 30 heavy (non-hydrogen) atoms. The first kappa shape index (κ1) is 21.9. The highest BCUT2D eigenvalue weighted by Crippen LogP contribution is 2.25. The van der Waals surface area contributed by atoms with Crippen molar-refractivity contribution in [2.45, 2.75) is 37.5 Å². The Labute approximate surface area is 178 Å². The van der Waals surface area contributed by atoms with E-state index in [1.807, 2.05) is 26.0 Å². The van der Waals surface area contributed by atoms with Gasteiger partial charge < -0.3 is 0 Å². The lowest BCUT2D eigenvalue weighted by Crippen LogP contribution is -2.16. The summed E-state index contributed by atoms with van der Waals surface area (Å²) in [5.41, 5.74) is 3.97. The standard InChI is InChI=1S/C22H24N2O4S2/c1-15-5-11-21(12-6-15)29(25,26)23-19-7-9-20(10-8-19)24-30(27,28)22-17(3)13-16(2)14-18(22)4/h5-14,23-24H,1-4H3. The Kier molecular flexibility index (Phi) is 5.92. The molecule has 0 aliphatic carbocycles. The number of anilines is 2. The van der Waals surface area contributed by atoms with Gasteiger partial charge in [0.15, 0.2) is 0 Å². The molecule has 6 nitrogen and oxygen atoms in total. The highest BCUT2D eigenvalue weighted by atomic mass is 32.2. The molecule has 0 heterocycles. The van der Waals surface area contributed by atoms with Crippen LogP contribution in [0.5, 0.6) is 0 Å². The first-order valence-corrected chi connectivity index (χ1v) is 12.2. The van der Waals surface area contributed by atoms with Crippen molar-refractivity contribution >= 4 is 31.4 Å². The van der Waals surface area contributed by atoms with E-state index < -0.39 is 20.0 Å². The molecule has 3 rings (SSSR count). The number of sulfonamides is 2. The van der Waals surface area contributed by atoms with Gasteiger partial charge in [-0.25, -0.2) is 16.8 Å². The van der Waals surface area contributed by atoms with Gasteiger partial charge in [-0.05, 0) is 75.2 Å². The molecular formula is C22H24N2O4S2. The predicted octanol–water partition coefficient (Wildman–Crippen LogP) is 4.52. The maximum absolute atomic E-state index is 12.9. The van der Waals surface area contributed by atoms with Crippen molar-refractivity contribution in [3.8, 4) is 0 Å². The average molecular weight is 445 g/mol. The van der Waals surface area contributed by atoms with E-state index in [0.717, 1.165) is 11.1 Å². The van der Waals surface area contributed by atoms with E-state index in [1.165, 1.54) is 36.4 Å². The van der Waals surface area contributed by atoms with Gasteiger partial charge in [-0.2, -0.15) is 0 Å². The zero-order chi connectivity index (χ0) is 22.1. The van der Waals surface area contributed by atoms with E-state index in [2.05, 4.69) is 9.44 Å². The fourth-order valence-corrected chi connectivity index (χ4v) is 5.91. The van der Waals surface area contributed by atoms with Gasteiger partial charge in [-0.1, -0.05) is 35.4 Å². The van der Waals surface area contributed by atoms with Gasteiger partial charge in [0, 0.05) is 11.4 Å². The summed E-state index contributed by atoms with van der Waals surface area (Å²) in [7, 11) is -7.50. The Hall–Kier alpha value is -2.84. The van der Waals surface area contributed by atoms with Gasteiger partial charge in [0.25, 0.3) is 20.0 Å². The molecule has 0 fully saturated rings. The lowest BCUT2D eigenvalue weighted by Gasteiger charge is -2.14. The van der Waals surface area contributed by atoms with E-state index >= 15 is 0 Å². The van der Waals surface area contributed by atoms with Crippen LogP contribution in [0.25, 0.3) is 0 Å². The summed E-state index contributed by atoms with van der Waals surface area (Å²) in [5.74, 6) is 0. The predicted molar refractivity (Wildman–Crippen MR) is 120 cm³/mol. The van der Waals surface area contributed by atoms with Crippen LogP contribution in [0.15, 0.2) is 70.5 Å². The van der Waals surface area contributed by atoms with Crippen LogP contribution in [-0.4, -0.2) is 16.8 Å². The maximum atomic E-state index is 12.9. The van der Waals surface area contributed by atoms with Gasteiger partial charge in [0.2, 0.25) is 0 Å². The summed E-state index contributed by atoms with van der Waals surface area (Å²) in [6, 6.07) is 16.2. The Balaban J connectivity index is 1.80. The van der Waals surface area contributed by atoms with E-state index in [1.54, 1.807) is 26.0 Å². The van der Waals surface area contributed by atoms with Crippen molar-refractivity contribution in [3.63, 3.8) is 0 Å². The summed E-state index contributed by atoms with van der Waals surface area (Å²) in [6.07, 6.45) is 0. The van der Waals surface area contributed by atoms with Gasteiger partial charge in [-0.15, -0.1) is 0 Å². The largest absolute Gasteiger partial charge is 0.280 e. The van der Waals surface area contributed by atoms with Crippen LogP contribution in [0.1, 0.15) is 22.3 Å². The van der Waals surface area contributed by atoms with Gasteiger partial charge in [0.1, 0.15) is 0 Å². The van der Waals surface area contributed by atoms with Crippen LogP contribution < -0.4 is 9.44 Å². The van der Waals surface area contributed by atoms with Crippen LogP contribution in [0.3, 0.4) is 0 Å². The maximum Gasteiger partial charge on any atom is 0.262 e. The first-order valence-electron chi connectivity index (χ1n) is 9.28. The van der Waals surface area contributed by atoms with Crippen LogP contribution in [0, 0.1) is 27.7 Å². The SMILES string of the molecule is Cc1ccc(S(=O)(=O)Nc2ccc(NS(=O)(=O)c3c(C)cc(C)cc3C)cc2)cc1. The lowest BCUT2D eigenvalue weighted by molar-refractivity contribution is 0.598. The second kappa shape index (κ2) is 8.12. The van der Waals surface area contributed by atoms with Gasteiger partial charge in [-0.3, -0.25) is 9.44 Å². The number of nitrogens with one attached hydrogen (secondary N) is 2. The number of aryl methyl sites for hydroxylation is 4. The van der Waals surface area contributed by atoms with Gasteiger partial charge in [0.05, 0.1) is 9.79 Å². The van der Waals surface area contributed by atoms with E-state index in [4.69, 9.17) is 0 Å². The monoisotopic (exact) mass is 444 g/mol. The third-order valence-corrected chi connectivity index (χ3v) is 7.68. The summed E-state index contributed by atoms with van der Waals surface area (Å²) in [6.45, 7) is 7.32. The Morgan fingerprint density at radius 1 is 0.567 bits per heavy atom. The molecule has 2 N–H and O–H groups in total. The van der Waals surface area contributed by atoms with Crippen LogP contribution in [0.4, 0.5) is 11.4 Å². The zero-order valence-electron chi connectivity index (χ0n) is 17.2. The molecule has 0 saturated heterocycles. The summed E-state index contributed by atoms with van der Waals surface area (Å²) >= 11 is 0. The fourth-order valence-electron chi connectivity index (χ4n) is 3.33. The second-order valence-electron chi connectivity index (χ2n) is 7.33. The molecule has 3 aromatic carbocycles. The molecule has 158 valence electrons. The number of rotatable bonds is 6. The van der Waals surface area contributed by atoms with E-state index in [0.29, 0.717) is 22.5 Å². The van der Waals surface area contributed by atoms with E-state index in [9.17, 15) is 16.8 Å². The number of hydrogen-bond donors (Lipinski definition) is 2. The Morgan fingerprint density at radius 3 is 1.47 bits per heavy atom. The molecular weight excluding hydrogens is 420 g/mol. The fraction of sp³-hybridized carbons (Fsp3) is 0.182. The first-order chi connectivity index (χ1) is 14.0. The van der Waals surface area contributed by atoms with Crippen LogP contribution in [-0.2, 0) is 20.0 Å². The lowest BCUT2D eigenvalue weighted by atomic mass is 10.1. The smallest absolute Gasteiger partial charge is 0.262 e. The van der Waals surface area contributed by atoms with Crippen molar-refractivity contribution < 1.29 is 16.8 Å². The number of hydrogen-bond acceptors (Lipinski definition) is 4. The Bertz CT molecular complexity index is 1260. The molecule has 0 aromatic heterocycles. The Morgan fingerprint density at radius 2 is 1.00 bits per heavy atom. The molecule has 0 saturated carbocycles. The van der Waals surface area contributed by atoms with Crippen molar-refractivity contribution in [1.82, 2.24) is 0 Å². The van der Waals surface area contributed by atoms with Gasteiger partial charge >= 0.3 is 0 Å². The molecule has 0 spiro atoms. The summed E-state index contributed by atoms with van der Waals surface area (Å²) in [5, 5.41) is 0.